The number of nitrogens with zero attached hydrogens (tertiary/aromatic N) is 5. The van der Waals surface area contributed by atoms with E-state index in [0.717, 1.165) is 11.3 Å². The summed E-state index contributed by atoms with van der Waals surface area (Å²) in [7, 11) is 0. The van der Waals surface area contributed by atoms with Crippen LogP contribution in [0.15, 0.2) is 61.1 Å². The summed E-state index contributed by atoms with van der Waals surface area (Å²) in [5, 5.41) is 14.0. The first-order valence-corrected chi connectivity index (χ1v) is 7.27. The van der Waals surface area contributed by atoms with Gasteiger partial charge < -0.3 is 5.32 Å². The van der Waals surface area contributed by atoms with E-state index < -0.39 is 6.04 Å². The van der Waals surface area contributed by atoms with Gasteiger partial charge in [0.15, 0.2) is 0 Å². The molecule has 1 atom stereocenters. The molecule has 0 saturated heterocycles. The average Bonchev–Trinajstić information content (AvgIpc) is 3.14. The summed E-state index contributed by atoms with van der Waals surface area (Å²) in [5.74, 6) is -0.146. The Bertz CT molecular complexity index is 730. The molecule has 0 radical (unpaired) electrons. The second-order valence-electron chi connectivity index (χ2n) is 5.03. The topological polar surface area (TPSA) is 85.6 Å². The normalized spacial score (nSPS) is 11.8. The van der Waals surface area contributed by atoms with Crippen LogP contribution in [-0.4, -0.2) is 31.1 Å². The minimum Gasteiger partial charge on any atom is -0.349 e. The molecule has 0 unspecified atom stereocenters. The highest BCUT2D eigenvalue weighted by Gasteiger charge is 2.22. The molecule has 0 spiro atoms. The maximum Gasteiger partial charge on any atom is 0.245 e. The van der Waals surface area contributed by atoms with E-state index in [4.69, 9.17) is 0 Å². The van der Waals surface area contributed by atoms with E-state index >= 15 is 0 Å². The van der Waals surface area contributed by atoms with Gasteiger partial charge in [0.25, 0.3) is 0 Å². The maximum atomic E-state index is 12.6. The number of carbonyl (C=O) groups excluding carboxylic acids is 1. The van der Waals surface area contributed by atoms with E-state index in [1.807, 2.05) is 48.5 Å². The largest absolute Gasteiger partial charge is 0.349 e. The van der Waals surface area contributed by atoms with Crippen LogP contribution in [0.2, 0.25) is 0 Å². The fourth-order valence-corrected chi connectivity index (χ4v) is 2.25. The van der Waals surface area contributed by atoms with Crippen LogP contribution in [0.1, 0.15) is 17.3 Å². The third-order valence-corrected chi connectivity index (χ3v) is 3.43. The smallest absolute Gasteiger partial charge is 0.245 e. The van der Waals surface area contributed by atoms with Crippen molar-refractivity contribution in [1.29, 1.82) is 0 Å². The molecule has 0 fully saturated rings. The maximum absolute atomic E-state index is 12.6. The van der Waals surface area contributed by atoms with Crippen LogP contribution >= 0.6 is 0 Å². The van der Waals surface area contributed by atoms with Crippen molar-refractivity contribution >= 4 is 5.91 Å². The molecule has 2 aromatic heterocycles. The van der Waals surface area contributed by atoms with Crippen molar-refractivity contribution in [2.24, 2.45) is 0 Å². The number of benzene rings is 1. The Morgan fingerprint density at radius 2 is 1.96 bits per heavy atom. The molecule has 2 heterocycles. The lowest BCUT2D eigenvalue weighted by Gasteiger charge is -2.16. The van der Waals surface area contributed by atoms with Gasteiger partial charge >= 0.3 is 0 Å². The lowest BCUT2D eigenvalue weighted by molar-refractivity contribution is -0.124. The number of tetrazole rings is 1. The number of hydrogen-bond acceptors (Lipinski definition) is 5. The van der Waals surface area contributed by atoms with E-state index in [9.17, 15) is 4.79 Å². The molecule has 1 aromatic carbocycles. The van der Waals surface area contributed by atoms with E-state index in [0.29, 0.717) is 13.0 Å². The fraction of sp³-hybridized carbons (Fsp3) is 0.188. The summed E-state index contributed by atoms with van der Waals surface area (Å²) in [6.07, 6.45) is 3.66. The summed E-state index contributed by atoms with van der Waals surface area (Å²) in [5.41, 5.74) is 1.84. The third-order valence-electron chi connectivity index (χ3n) is 3.43. The van der Waals surface area contributed by atoms with Crippen molar-refractivity contribution in [3.63, 3.8) is 0 Å². The van der Waals surface area contributed by atoms with E-state index in [-0.39, 0.29) is 5.91 Å². The Hall–Kier alpha value is -3.09. The molecular formula is C16H16N6O. The number of hydrogen-bond donors (Lipinski definition) is 1. The quantitative estimate of drug-likeness (QED) is 0.739. The van der Waals surface area contributed by atoms with E-state index in [1.54, 1.807) is 6.20 Å². The molecule has 0 aliphatic rings. The van der Waals surface area contributed by atoms with Crippen molar-refractivity contribution in [3.05, 3.63) is 72.3 Å². The predicted octanol–water partition coefficient (Wildman–Crippen LogP) is 1.17. The molecule has 7 nitrogen and oxygen atoms in total. The van der Waals surface area contributed by atoms with Gasteiger partial charge in [-0.2, -0.15) is 0 Å². The minimum atomic E-state index is -0.504. The summed E-state index contributed by atoms with van der Waals surface area (Å²) in [6, 6.07) is 14.9. The monoisotopic (exact) mass is 308 g/mol. The average molecular weight is 308 g/mol. The Morgan fingerprint density at radius 3 is 2.65 bits per heavy atom. The van der Waals surface area contributed by atoms with Crippen LogP contribution < -0.4 is 5.32 Å². The third kappa shape index (κ3) is 3.97. The van der Waals surface area contributed by atoms with Gasteiger partial charge in [0.2, 0.25) is 5.91 Å². The first kappa shape index (κ1) is 14.8. The zero-order valence-corrected chi connectivity index (χ0v) is 12.4. The molecule has 1 amide bonds. The highest BCUT2D eigenvalue weighted by atomic mass is 16.2. The van der Waals surface area contributed by atoms with Crippen molar-refractivity contribution in [2.45, 2.75) is 19.0 Å². The molecule has 3 aromatic rings. The predicted molar refractivity (Wildman–Crippen MR) is 83.1 cm³/mol. The fourth-order valence-electron chi connectivity index (χ4n) is 2.25. The van der Waals surface area contributed by atoms with Gasteiger partial charge in [0, 0.05) is 12.6 Å². The molecule has 116 valence electrons. The summed E-state index contributed by atoms with van der Waals surface area (Å²) < 4.78 is 1.47. The molecule has 1 N–H and O–H groups in total. The zero-order valence-electron chi connectivity index (χ0n) is 12.4. The highest BCUT2D eigenvalue weighted by molar-refractivity contribution is 5.80. The molecule has 0 aliphatic heterocycles. The zero-order chi connectivity index (χ0) is 15.9. The van der Waals surface area contributed by atoms with Crippen LogP contribution in [0.5, 0.6) is 0 Å². The van der Waals surface area contributed by atoms with Gasteiger partial charge in [-0.1, -0.05) is 36.4 Å². The first-order valence-electron chi connectivity index (χ1n) is 7.27. The van der Waals surface area contributed by atoms with Crippen molar-refractivity contribution < 1.29 is 4.79 Å². The van der Waals surface area contributed by atoms with Gasteiger partial charge in [0.05, 0.1) is 12.2 Å². The Labute approximate surface area is 133 Å². The van der Waals surface area contributed by atoms with Crippen LogP contribution in [0.3, 0.4) is 0 Å². The second-order valence-corrected chi connectivity index (χ2v) is 5.03. The Morgan fingerprint density at radius 1 is 1.13 bits per heavy atom. The number of aromatic nitrogens is 5. The lowest BCUT2D eigenvalue weighted by atomic mass is 10.1. The summed E-state index contributed by atoms with van der Waals surface area (Å²) >= 11 is 0. The number of pyridine rings is 1. The molecule has 0 aliphatic carbocycles. The molecule has 3 rings (SSSR count). The van der Waals surface area contributed by atoms with Gasteiger partial charge in [-0.25, -0.2) is 4.68 Å². The van der Waals surface area contributed by atoms with E-state index in [2.05, 4.69) is 25.8 Å². The second kappa shape index (κ2) is 7.26. The van der Waals surface area contributed by atoms with E-state index in [1.165, 1.54) is 11.0 Å². The Kier molecular flexibility index (Phi) is 4.68. The SMILES string of the molecule is O=C(NCc1ccccn1)[C@H](Cc1ccccc1)n1cnnn1. The van der Waals surface area contributed by atoms with Crippen LogP contribution in [0.4, 0.5) is 0 Å². The first-order chi connectivity index (χ1) is 11.3. The number of carbonyl (C=O) groups is 1. The van der Waals surface area contributed by atoms with Crippen molar-refractivity contribution in [3.8, 4) is 0 Å². The molecular weight excluding hydrogens is 292 g/mol. The van der Waals surface area contributed by atoms with Crippen molar-refractivity contribution in [1.82, 2.24) is 30.5 Å². The highest BCUT2D eigenvalue weighted by Crippen LogP contribution is 2.13. The Balaban J connectivity index is 1.71. The standard InChI is InChI=1S/C16H16N6O/c23-16(18-11-14-8-4-5-9-17-14)15(22-12-19-20-21-22)10-13-6-2-1-3-7-13/h1-9,12,15H,10-11H2,(H,18,23)/t15-/m0/s1. The number of rotatable bonds is 6. The molecule has 0 saturated carbocycles. The van der Waals surface area contributed by atoms with Crippen LogP contribution in [-0.2, 0) is 17.8 Å². The molecule has 23 heavy (non-hydrogen) atoms. The van der Waals surface area contributed by atoms with Gasteiger partial charge in [-0.05, 0) is 28.1 Å². The molecule has 7 heteroatoms. The van der Waals surface area contributed by atoms with Gasteiger partial charge in [-0.15, -0.1) is 5.10 Å². The molecule has 0 bridgehead atoms. The lowest BCUT2D eigenvalue weighted by Crippen LogP contribution is -2.34. The number of amides is 1. The summed E-state index contributed by atoms with van der Waals surface area (Å²) in [4.78, 5) is 16.8. The van der Waals surface area contributed by atoms with Gasteiger partial charge in [-0.3, -0.25) is 9.78 Å². The number of nitrogens with one attached hydrogen (secondary N) is 1. The summed E-state index contributed by atoms with van der Waals surface area (Å²) in [6.45, 7) is 0.368. The van der Waals surface area contributed by atoms with Crippen LogP contribution in [0, 0.1) is 0 Å². The van der Waals surface area contributed by atoms with Crippen LogP contribution in [0.25, 0.3) is 0 Å². The van der Waals surface area contributed by atoms with Gasteiger partial charge in [0.1, 0.15) is 12.4 Å². The minimum absolute atomic E-state index is 0.146. The van der Waals surface area contributed by atoms with Crippen molar-refractivity contribution in [2.75, 3.05) is 0 Å².